The number of nitrogens with one attached hydrogen (secondary N) is 1. The number of rotatable bonds is 4. The van der Waals surface area contributed by atoms with Gasteiger partial charge in [0, 0.05) is 17.0 Å². The molecule has 4 rings (SSSR count). The van der Waals surface area contributed by atoms with E-state index >= 15 is 0 Å². The predicted octanol–water partition coefficient (Wildman–Crippen LogP) is 4.17. The van der Waals surface area contributed by atoms with Gasteiger partial charge in [0.1, 0.15) is 17.4 Å². The van der Waals surface area contributed by atoms with E-state index in [1.54, 1.807) is 24.3 Å². The predicted molar refractivity (Wildman–Crippen MR) is 94.2 cm³/mol. The van der Waals surface area contributed by atoms with Gasteiger partial charge in [0.25, 0.3) is 0 Å². The molecule has 2 aromatic carbocycles. The minimum atomic E-state index is -0.684. The first-order valence-electron chi connectivity index (χ1n) is 7.52. The van der Waals surface area contributed by atoms with Gasteiger partial charge >= 0.3 is 0 Å². The number of benzene rings is 2. The highest BCUT2D eigenvalue weighted by Gasteiger charge is 2.14. The van der Waals surface area contributed by atoms with Crippen LogP contribution in [-0.2, 0) is 0 Å². The van der Waals surface area contributed by atoms with Gasteiger partial charge in [-0.1, -0.05) is 35.9 Å². The van der Waals surface area contributed by atoms with E-state index in [1.807, 2.05) is 24.3 Å². The first-order chi connectivity index (χ1) is 11.7. The van der Waals surface area contributed by atoms with E-state index < -0.39 is 6.10 Å². The van der Waals surface area contributed by atoms with E-state index in [4.69, 9.17) is 16.0 Å². The Labute approximate surface area is 142 Å². The Kier molecular flexibility index (Phi) is 3.80. The number of aliphatic hydroxyl groups is 1. The van der Waals surface area contributed by atoms with Gasteiger partial charge in [0.05, 0.1) is 6.10 Å². The number of halogens is 1. The van der Waals surface area contributed by atoms with E-state index in [-0.39, 0.29) is 0 Å². The second-order valence-corrected chi connectivity index (χ2v) is 5.88. The Balaban J connectivity index is 1.61. The van der Waals surface area contributed by atoms with Crippen LogP contribution in [0.4, 0.5) is 5.82 Å². The summed E-state index contributed by atoms with van der Waals surface area (Å²) in [4.78, 5) is 8.54. The second kappa shape index (κ2) is 6.11. The molecule has 0 radical (unpaired) electrons. The molecule has 2 N–H and O–H groups in total. The summed E-state index contributed by atoms with van der Waals surface area (Å²) in [6, 6.07) is 14.8. The molecule has 2 heterocycles. The third-order valence-electron chi connectivity index (χ3n) is 3.88. The van der Waals surface area contributed by atoms with Crippen LogP contribution in [0.25, 0.3) is 22.1 Å². The fraction of sp³-hybridized carbons (Fsp3) is 0.111. The molecule has 0 aliphatic carbocycles. The molecule has 1 atom stereocenters. The summed E-state index contributed by atoms with van der Waals surface area (Å²) in [6.45, 7) is 0.296. The van der Waals surface area contributed by atoms with Gasteiger partial charge in [-0.05, 0) is 29.8 Å². The number of fused-ring (bicyclic) bond motifs is 3. The molecule has 0 bridgehead atoms. The number of nitrogens with zero attached hydrogens (tertiary/aromatic N) is 2. The summed E-state index contributed by atoms with van der Waals surface area (Å²) in [6.07, 6.45) is 0.804. The second-order valence-electron chi connectivity index (χ2n) is 5.45. The summed E-state index contributed by atoms with van der Waals surface area (Å²) < 4.78 is 5.85. The minimum Gasteiger partial charge on any atom is -0.450 e. The molecule has 6 heteroatoms. The first-order valence-corrected chi connectivity index (χ1v) is 7.90. The molecule has 0 aliphatic rings. The number of aliphatic hydroxyl groups excluding tert-OH is 1. The molecule has 0 saturated heterocycles. The number of para-hydroxylation sites is 1. The van der Waals surface area contributed by atoms with Gasteiger partial charge in [0.2, 0.25) is 0 Å². The van der Waals surface area contributed by atoms with Crippen LogP contribution in [0.3, 0.4) is 0 Å². The van der Waals surface area contributed by atoms with Crippen molar-refractivity contribution in [3.63, 3.8) is 0 Å². The van der Waals surface area contributed by atoms with Crippen molar-refractivity contribution in [1.29, 1.82) is 0 Å². The maximum atomic E-state index is 10.3. The molecule has 4 aromatic rings. The fourth-order valence-electron chi connectivity index (χ4n) is 2.65. The lowest BCUT2D eigenvalue weighted by molar-refractivity contribution is 0.191. The first kappa shape index (κ1) is 14.9. The Morgan fingerprint density at radius 2 is 1.88 bits per heavy atom. The number of furan rings is 1. The molecule has 0 amide bonds. The zero-order chi connectivity index (χ0) is 16.5. The minimum absolute atomic E-state index is 0.296. The Bertz CT molecular complexity index is 998. The van der Waals surface area contributed by atoms with Crippen molar-refractivity contribution in [2.45, 2.75) is 6.10 Å². The maximum absolute atomic E-state index is 10.3. The Hall–Kier alpha value is -2.63. The van der Waals surface area contributed by atoms with Crippen molar-refractivity contribution < 1.29 is 9.52 Å². The van der Waals surface area contributed by atoms with Crippen LogP contribution in [-0.4, -0.2) is 21.6 Å². The van der Waals surface area contributed by atoms with E-state index in [1.165, 1.54) is 6.33 Å². The van der Waals surface area contributed by atoms with Crippen molar-refractivity contribution >= 4 is 39.5 Å². The zero-order valence-electron chi connectivity index (χ0n) is 12.6. The van der Waals surface area contributed by atoms with Gasteiger partial charge in [-0.15, -0.1) is 0 Å². The zero-order valence-corrected chi connectivity index (χ0v) is 13.4. The molecular formula is C18H14ClN3O2. The van der Waals surface area contributed by atoms with Crippen LogP contribution in [0.15, 0.2) is 59.3 Å². The van der Waals surface area contributed by atoms with Crippen molar-refractivity contribution in [3.05, 3.63) is 65.4 Å². The van der Waals surface area contributed by atoms with Crippen LogP contribution >= 0.6 is 11.6 Å². The Morgan fingerprint density at radius 1 is 1.08 bits per heavy atom. The number of hydrogen-bond acceptors (Lipinski definition) is 5. The van der Waals surface area contributed by atoms with E-state index in [0.717, 1.165) is 22.0 Å². The monoisotopic (exact) mass is 339 g/mol. The van der Waals surface area contributed by atoms with Gasteiger partial charge in [-0.3, -0.25) is 0 Å². The Morgan fingerprint density at radius 3 is 2.71 bits per heavy atom. The highest BCUT2D eigenvalue weighted by atomic mass is 35.5. The SMILES string of the molecule is O[C@@H](CNc1ncnc2c1oc1ccccc12)c1ccc(Cl)cc1. The van der Waals surface area contributed by atoms with Crippen molar-refractivity contribution in [1.82, 2.24) is 9.97 Å². The van der Waals surface area contributed by atoms with Crippen molar-refractivity contribution in [2.24, 2.45) is 0 Å². The molecule has 0 saturated carbocycles. The van der Waals surface area contributed by atoms with Gasteiger partial charge in [-0.2, -0.15) is 0 Å². The van der Waals surface area contributed by atoms with E-state index in [9.17, 15) is 5.11 Å². The lowest BCUT2D eigenvalue weighted by Gasteiger charge is -2.12. The average molecular weight is 340 g/mol. The maximum Gasteiger partial charge on any atom is 0.196 e. The smallest absolute Gasteiger partial charge is 0.196 e. The number of hydrogen-bond donors (Lipinski definition) is 2. The van der Waals surface area contributed by atoms with Crippen LogP contribution < -0.4 is 5.32 Å². The quantitative estimate of drug-likeness (QED) is 0.583. The van der Waals surface area contributed by atoms with Gasteiger partial charge in [0.15, 0.2) is 11.4 Å². The summed E-state index contributed by atoms with van der Waals surface area (Å²) in [5, 5.41) is 15.0. The highest BCUT2D eigenvalue weighted by molar-refractivity contribution is 6.30. The largest absolute Gasteiger partial charge is 0.450 e. The standard InChI is InChI=1S/C18H14ClN3O2/c19-12-7-5-11(6-8-12)14(23)9-20-18-17-16(21-10-22-18)13-3-1-2-4-15(13)24-17/h1-8,10,14,23H,9H2,(H,20,21,22)/t14-/m0/s1. The summed E-state index contributed by atoms with van der Waals surface area (Å²) in [5.74, 6) is 0.559. The molecule has 0 unspecified atom stereocenters. The summed E-state index contributed by atoms with van der Waals surface area (Å²) in [5.41, 5.74) is 2.88. The molecule has 0 aliphatic heterocycles. The van der Waals surface area contributed by atoms with Crippen LogP contribution in [0.1, 0.15) is 11.7 Å². The number of anilines is 1. The molecule has 24 heavy (non-hydrogen) atoms. The fourth-order valence-corrected chi connectivity index (χ4v) is 2.77. The highest BCUT2D eigenvalue weighted by Crippen LogP contribution is 2.30. The molecule has 0 fully saturated rings. The van der Waals surface area contributed by atoms with E-state index in [0.29, 0.717) is 23.0 Å². The van der Waals surface area contributed by atoms with Gasteiger partial charge < -0.3 is 14.8 Å². The normalized spacial score (nSPS) is 12.6. The molecule has 5 nitrogen and oxygen atoms in total. The third-order valence-corrected chi connectivity index (χ3v) is 4.13. The van der Waals surface area contributed by atoms with Crippen molar-refractivity contribution in [2.75, 3.05) is 11.9 Å². The summed E-state index contributed by atoms with van der Waals surface area (Å²) in [7, 11) is 0. The van der Waals surface area contributed by atoms with E-state index in [2.05, 4.69) is 15.3 Å². The molecule has 120 valence electrons. The van der Waals surface area contributed by atoms with Crippen molar-refractivity contribution in [3.8, 4) is 0 Å². The van der Waals surface area contributed by atoms with Crippen LogP contribution in [0.2, 0.25) is 5.02 Å². The van der Waals surface area contributed by atoms with Crippen LogP contribution in [0.5, 0.6) is 0 Å². The molecule has 0 spiro atoms. The third kappa shape index (κ3) is 2.68. The lowest BCUT2D eigenvalue weighted by Crippen LogP contribution is -2.13. The lowest BCUT2D eigenvalue weighted by atomic mass is 10.1. The number of aromatic nitrogens is 2. The molecule has 2 aromatic heterocycles. The average Bonchev–Trinajstić information content (AvgIpc) is 2.99. The van der Waals surface area contributed by atoms with Gasteiger partial charge in [-0.25, -0.2) is 9.97 Å². The molecular weight excluding hydrogens is 326 g/mol. The summed E-state index contributed by atoms with van der Waals surface area (Å²) >= 11 is 5.87. The van der Waals surface area contributed by atoms with Crippen LogP contribution in [0, 0.1) is 0 Å². The topological polar surface area (TPSA) is 71.2 Å².